The summed E-state index contributed by atoms with van der Waals surface area (Å²) in [5.74, 6) is 0.955. The van der Waals surface area contributed by atoms with Crippen molar-refractivity contribution in [3.63, 3.8) is 0 Å². The molecule has 0 aliphatic heterocycles. The van der Waals surface area contributed by atoms with Crippen LogP contribution in [0.2, 0.25) is 0 Å². The van der Waals surface area contributed by atoms with Gasteiger partial charge >= 0.3 is 0 Å². The summed E-state index contributed by atoms with van der Waals surface area (Å²) in [6.45, 7) is 1.91. The SMILES string of the molecule is COc1ccc(SC(C)C(=O)N(C)C)cc1. The predicted octanol–water partition coefficient (Wildman–Crippen LogP) is 2.26. The first-order valence-corrected chi connectivity index (χ1v) is 5.94. The number of ether oxygens (including phenoxy) is 1. The molecule has 0 aliphatic carbocycles. The second kappa shape index (κ2) is 5.80. The molecule has 1 aromatic carbocycles. The van der Waals surface area contributed by atoms with Crippen molar-refractivity contribution in [2.45, 2.75) is 17.1 Å². The third kappa shape index (κ3) is 3.45. The fourth-order valence-electron chi connectivity index (χ4n) is 1.27. The summed E-state index contributed by atoms with van der Waals surface area (Å²) >= 11 is 1.55. The van der Waals surface area contributed by atoms with Crippen molar-refractivity contribution in [2.24, 2.45) is 0 Å². The van der Waals surface area contributed by atoms with Gasteiger partial charge in [0.05, 0.1) is 12.4 Å². The second-order valence-corrected chi connectivity index (χ2v) is 5.08. The standard InChI is InChI=1S/C12H17NO2S/c1-9(12(14)13(2)3)16-11-7-5-10(15-4)6-8-11/h5-9H,1-4H3. The topological polar surface area (TPSA) is 29.5 Å². The largest absolute Gasteiger partial charge is 0.497 e. The van der Waals surface area contributed by atoms with Gasteiger partial charge < -0.3 is 9.64 Å². The van der Waals surface area contributed by atoms with E-state index in [9.17, 15) is 4.79 Å². The van der Waals surface area contributed by atoms with Gasteiger partial charge in [0, 0.05) is 19.0 Å². The lowest BCUT2D eigenvalue weighted by Gasteiger charge is -2.16. The molecule has 0 N–H and O–H groups in total. The summed E-state index contributed by atoms with van der Waals surface area (Å²) in [7, 11) is 5.18. The number of benzene rings is 1. The van der Waals surface area contributed by atoms with E-state index in [-0.39, 0.29) is 11.2 Å². The van der Waals surface area contributed by atoms with E-state index >= 15 is 0 Å². The molecule has 0 fully saturated rings. The van der Waals surface area contributed by atoms with Gasteiger partial charge in [0.1, 0.15) is 5.75 Å². The maximum atomic E-state index is 11.7. The van der Waals surface area contributed by atoms with Gasteiger partial charge in [-0.1, -0.05) is 0 Å². The molecule has 0 spiro atoms. The average Bonchev–Trinajstić information content (AvgIpc) is 2.28. The Balaban J connectivity index is 2.62. The molecule has 0 saturated heterocycles. The van der Waals surface area contributed by atoms with Crippen molar-refractivity contribution < 1.29 is 9.53 Å². The van der Waals surface area contributed by atoms with Gasteiger partial charge in [0.15, 0.2) is 0 Å². The number of rotatable bonds is 4. The summed E-state index contributed by atoms with van der Waals surface area (Å²) in [4.78, 5) is 14.3. The number of hydrogen-bond donors (Lipinski definition) is 0. The highest BCUT2D eigenvalue weighted by molar-refractivity contribution is 8.00. The Bertz CT molecular complexity index is 349. The normalized spacial score (nSPS) is 12.0. The molecule has 1 atom stereocenters. The van der Waals surface area contributed by atoms with Gasteiger partial charge in [-0.3, -0.25) is 4.79 Å². The molecule has 88 valence electrons. The quantitative estimate of drug-likeness (QED) is 0.755. The molecule has 1 unspecified atom stereocenters. The molecule has 4 heteroatoms. The fraction of sp³-hybridized carbons (Fsp3) is 0.417. The van der Waals surface area contributed by atoms with E-state index in [0.717, 1.165) is 10.6 Å². The molecule has 1 aromatic rings. The van der Waals surface area contributed by atoms with E-state index in [1.54, 1.807) is 37.9 Å². The number of hydrogen-bond acceptors (Lipinski definition) is 3. The van der Waals surface area contributed by atoms with Crippen LogP contribution in [-0.4, -0.2) is 37.3 Å². The first kappa shape index (κ1) is 12.9. The molecule has 3 nitrogen and oxygen atoms in total. The number of amides is 1. The van der Waals surface area contributed by atoms with Gasteiger partial charge in [0.2, 0.25) is 5.91 Å². The molecular weight excluding hydrogens is 222 g/mol. The summed E-state index contributed by atoms with van der Waals surface area (Å²) < 4.78 is 5.08. The van der Waals surface area contributed by atoms with Crippen LogP contribution in [-0.2, 0) is 4.79 Å². The first-order valence-electron chi connectivity index (χ1n) is 5.06. The van der Waals surface area contributed by atoms with Crippen molar-refractivity contribution >= 4 is 17.7 Å². The van der Waals surface area contributed by atoms with Crippen LogP contribution in [0.15, 0.2) is 29.2 Å². The lowest BCUT2D eigenvalue weighted by molar-refractivity contribution is -0.127. The minimum absolute atomic E-state index is 0.0663. The summed E-state index contributed by atoms with van der Waals surface area (Å²) in [6, 6.07) is 7.72. The predicted molar refractivity (Wildman–Crippen MR) is 67.0 cm³/mol. The molecule has 0 bridgehead atoms. The smallest absolute Gasteiger partial charge is 0.235 e. The molecule has 16 heavy (non-hydrogen) atoms. The van der Waals surface area contributed by atoms with E-state index in [0.29, 0.717) is 0 Å². The van der Waals surface area contributed by atoms with Gasteiger partial charge in [-0.25, -0.2) is 0 Å². The monoisotopic (exact) mass is 239 g/mol. The molecule has 0 saturated carbocycles. The van der Waals surface area contributed by atoms with Gasteiger partial charge in [0.25, 0.3) is 0 Å². The number of nitrogens with zero attached hydrogens (tertiary/aromatic N) is 1. The van der Waals surface area contributed by atoms with Gasteiger partial charge in [-0.05, 0) is 31.2 Å². The zero-order chi connectivity index (χ0) is 12.1. The van der Waals surface area contributed by atoms with Crippen LogP contribution >= 0.6 is 11.8 Å². The lowest BCUT2D eigenvalue weighted by Crippen LogP contribution is -2.29. The Hall–Kier alpha value is -1.16. The maximum absolute atomic E-state index is 11.7. The van der Waals surface area contributed by atoms with E-state index in [2.05, 4.69) is 0 Å². The van der Waals surface area contributed by atoms with Crippen LogP contribution in [0.3, 0.4) is 0 Å². The lowest BCUT2D eigenvalue weighted by atomic mass is 10.3. The molecule has 0 radical (unpaired) electrons. The Labute approximate surface area is 101 Å². The van der Waals surface area contributed by atoms with Crippen LogP contribution < -0.4 is 4.74 Å². The van der Waals surface area contributed by atoms with E-state index < -0.39 is 0 Å². The van der Waals surface area contributed by atoms with Crippen LogP contribution in [0.1, 0.15) is 6.92 Å². The average molecular weight is 239 g/mol. The molecule has 0 aromatic heterocycles. The van der Waals surface area contributed by atoms with Crippen LogP contribution in [0.5, 0.6) is 5.75 Å². The number of methoxy groups -OCH3 is 1. The summed E-state index contributed by atoms with van der Waals surface area (Å²) in [6.07, 6.45) is 0. The van der Waals surface area contributed by atoms with Gasteiger partial charge in [-0.2, -0.15) is 0 Å². The van der Waals surface area contributed by atoms with E-state index in [1.165, 1.54) is 0 Å². The minimum Gasteiger partial charge on any atom is -0.497 e. The second-order valence-electron chi connectivity index (χ2n) is 3.67. The highest BCUT2D eigenvalue weighted by Crippen LogP contribution is 2.25. The summed E-state index contributed by atoms with van der Waals surface area (Å²) in [5.41, 5.74) is 0. The minimum atomic E-state index is -0.0663. The molecule has 0 aliphatic rings. The maximum Gasteiger partial charge on any atom is 0.235 e. The first-order chi connectivity index (χ1) is 7.54. The van der Waals surface area contributed by atoms with Crippen LogP contribution in [0, 0.1) is 0 Å². The van der Waals surface area contributed by atoms with Crippen molar-refractivity contribution in [3.05, 3.63) is 24.3 Å². The highest BCUT2D eigenvalue weighted by Gasteiger charge is 2.15. The highest BCUT2D eigenvalue weighted by atomic mass is 32.2. The van der Waals surface area contributed by atoms with Crippen LogP contribution in [0.25, 0.3) is 0 Å². The van der Waals surface area contributed by atoms with E-state index in [4.69, 9.17) is 4.74 Å². The number of carbonyl (C=O) groups excluding carboxylic acids is 1. The Morgan fingerprint density at radius 2 is 1.88 bits per heavy atom. The molecule has 1 rings (SSSR count). The molecule has 0 heterocycles. The van der Waals surface area contributed by atoms with Crippen LogP contribution in [0.4, 0.5) is 0 Å². The summed E-state index contributed by atoms with van der Waals surface area (Å²) in [5, 5.41) is -0.0663. The van der Waals surface area contributed by atoms with Gasteiger partial charge in [-0.15, -0.1) is 11.8 Å². The Morgan fingerprint density at radius 1 is 1.31 bits per heavy atom. The zero-order valence-electron chi connectivity index (χ0n) is 10.1. The number of thioether (sulfide) groups is 1. The molecule has 1 amide bonds. The van der Waals surface area contributed by atoms with E-state index in [1.807, 2.05) is 31.2 Å². The van der Waals surface area contributed by atoms with Crippen molar-refractivity contribution in [1.82, 2.24) is 4.90 Å². The fourth-order valence-corrected chi connectivity index (χ4v) is 2.29. The van der Waals surface area contributed by atoms with Crippen molar-refractivity contribution in [2.75, 3.05) is 21.2 Å². The Morgan fingerprint density at radius 3 is 2.31 bits per heavy atom. The third-order valence-corrected chi connectivity index (χ3v) is 3.26. The van der Waals surface area contributed by atoms with Crippen molar-refractivity contribution in [3.8, 4) is 5.75 Å². The van der Waals surface area contributed by atoms with Crippen molar-refractivity contribution in [1.29, 1.82) is 0 Å². The third-order valence-electron chi connectivity index (χ3n) is 2.16. The molecular formula is C12H17NO2S. The zero-order valence-corrected chi connectivity index (χ0v) is 10.9. The number of carbonyl (C=O) groups is 1. The Kier molecular flexibility index (Phi) is 4.68.